The third-order valence-electron chi connectivity index (χ3n) is 3.65. The molecule has 0 spiro atoms. The van der Waals surface area contributed by atoms with Crippen LogP contribution in [0, 0.1) is 11.6 Å². The van der Waals surface area contributed by atoms with Gasteiger partial charge in [0, 0.05) is 28.9 Å². The predicted octanol–water partition coefficient (Wildman–Crippen LogP) is 4.63. The van der Waals surface area contributed by atoms with E-state index in [2.05, 4.69) is 15.5 Å². The quantitative estimate of drug-likeness (QED) is 0.604. The van der Waals surface area contributed by atoms with Crippen molar-refractivity contribution in [2.24, 2.45) is 0 Å². The van der Waals surface area contributed by atoms with Gasteiger partial charge in [-0.2, -0.15) is 0 Å². The number of halogens is 3. The van der Waals surface area contributed by atoms with Crippen LogP contribution >= 0.6 is 23.4 Å². The van der Waals surface area contributed by atoms with Gasteiger partial charge in [-0.3, -0.25) is 4.79 Å². The summed E-state index contributed by atoms with van der Waals surface area (Å²) in [5.74, 6) is -1.64. The van der Waals surface area contributed by atoms with E-state index in [0.717, 1.165) is 17.7 Å². The number of thioether (sulfide) groups is 1. The van der Waals surface area contributed by atoms with Crippen molar-refractivity contribution < 1.29 is 13.6 Å². The summed E-state index contributed by atoms with van der Waals surface area (Å²) in [7, 11) is 0. The van der Waals surface area contributed by atoms with E-state index < -0.39 is 11.6 Å². The monoisotopic (exact) mass is 408 g/mol. The maximum Gasteiger partial charge on any atom is 0.234 e. The SMILES string of the molecule is CCn1c(SCC(=O)Nc2ccc(F)c(F)c2)nnc1-c1cccc(Cl)c1. The Morgan fingerprint density at radius 3 is 2.70 bits per heavy atom. The van der Waals surface area contributed by atoms with Crippen molar-refractivity contribution in [2.45, 2.75) is 18.6 Å². The molecular formula is C18H15ClF2N4OS. The summed E-state index contributed by atoms with van der Waals surface area (Å²) < 4.78 is 28.0. The fourth-order valence-corrected chi connectivity index (χ4v) is 3.42. The molecule has 5 nitrogen and oxygen atoms in total. The zero-order valence-electron chi connectivity index (χ0n) is 14.2. The number of rotatable bonds is 6. The minimum Gasteiger partial charge on any atom is -0.325 e. The number of amides is 1. The van der Waals surface area contributed by atoms with Gasteiger partial charge in [-0.15, -0.1) is 10.2 Å². The fraction of sp³-hybridized carbons (Fsp3) is 0.167. The number of anilines is 1. The van der Waals surface area contributed by atoms with Gasteiger partial charge in [0.15, 0.2) is 22.6 Å². The highest BCUT2D eigenvalue weighted by Crippen LogP contribution is 2.26. The molecule has 0 radical (unpaired) electrons. The standard InChI is InChI=1S/C18H15ClF2N4OS/c1-2-25-17(11-4-3-5-12(19)8-11)23-24-18(25)27-10-16(26)22-13-6-7-14(20)15(21)9-13/h3-9H,2,10H2,1H3,(H,22,26). The Morgan fingerprint density at radius 1 is 1.19 bits per heavy atom. The normalized spacial score (nSPS) is 10.8. The van der Waals surface area contributed by atoms with Crippen LogP contribution in [0.1, 0.15) is 6.92 Å². The number of hydrogen-bond acceptors (Lipinski definition) is 4. The van der Waals surface area contributed by atoms with Crippen LogP contribution in [-0.4, -0.2) is 26.4 Å². The first-order valence-electron chi connectivity index (χ1n) is 8.04. The van der Waals surface area contributed by atoms with Gasteiger partial charge in [0.25, 0.3) is 0 Å². The van der Waals surface area contributed by atoms with Crippen LogP contribution in [0.3, 0.4) is 0 Å². The lowest BCUT2D eigenvalue weighted by Crippen LogP contribution is -2.15. The average molecular weight is 409 g/mol. The van der Waals surface area contributed by atoms with Gasteiger partial charge in [-0.1, -0.05) is 35.5 Å². The third-order valence-corrected chi connectivity index (χ3v) is 4.85. The van der Waals surface area contributed by atoms with Crippen LogP contribution in [-0.2, 0) is 11.3 Å². The fourth-order valence-electron chi connectivity index (χ4n) is 2.42. The molecule has 1 amide bonds. The molecule has 27 heavy (non-hydrogen) atoms. The van der Waals surface area contributed by atoms with Crippen molar-refractivity contribution in [3.8, 4) is 11.4 Å². The summed E-state index contributed by atoms with van der Waals surface area (Å²) in [6.07, 6.45) is 0. The Bertz CT molecular complexity index is 980. The predicted molar refractivity (Wildman–Crippen MR) is 102 cm³/mol. The van der Waals surface area contributed by atoms with E-state index in [9.17, 15) is 13.6 Å². The molecule has 1 aromatic heterocycles. The summed E-state index contributed by atoms with van der Waals surface area (Å²) in [5, 5.41) is 12.0. The summed E-state index contributed by atoms with van der Waals surface area (Å²) in [4.78, 5) is 12.1. The number of hydrogen-bond donors (Lipinski definition) is 1. The molecule has 1 N–H and O–H groups in total. The lowest BCUT2D eigenvalue weighted by molar-refractivity contribution is -0.113. The number of benzene rings is 2. The van der Waals surface area contributed by atoms with Crippen LogP contribution < -0.4 is 5.32 Å². The largest absolute Gasteiger partial charge is 0.325 e. The minimum atomic E-state index is -1.02. The van der Waals surface area contributed by atoms with Crippen molar-refractivity contribution in [3.05, 3.63) is 59.1 Å². The van der Waals surface area contributed by atoms with Gasteiger partial charge in [0.2, 0.25) is 5.91 Å². The maximum atomic E-state index is 13.2. The molecule has 0 aliphatic rings. The van der Waals surface area contributed by atoms with E-state index in [1.165, 1.54) is 17.8 Å². The Labute approximate surface area is 163 Å². The summed E-state index contributed by atoms with van der Waals surface area (Å²) in [6, 6.07) is 10.5. The van der Waals surface area contributed by atoms with E-state index in [1.807, 2.05) is 23.6 Å². The average Bonchev–Trinajstić information content (AvgIpc) is 3.06. The Kier molecular flexibility index (Phi) is 6.08. The second kappa shape index (κ2) is 8.49. The van der Waals surface area contributed by atoms with Crippen molar-refractivity contribution >= 4 is 35.0 Å². The maximum absolute atomic E-state index is 13.2. The number of carbonyl (C=O) groups excluding carboxylic acids is 1. The number of nitrogens with zero attached hydrogens (tertiary/aromatic N) is 3. The first-order valence-corrected chi connectivity index (χ1v) is 9.41. The third kappa shape index (κ3) is 4.64. The highest BCUT2D eigenvalue weighted by Gasteiger charge is 2.15. The molecule has 0 fully saturated rings. The second-order valence-electron chi connectivity index (χ2n) is 5.53. The first kappa shape index (κ1) is 19.3. The van der Waals surface area contributed by atoms with E-state index in [-0.39, 0.29) is 17.3 Å². The summed E-state index contributed by atoms with van der Waals surface area (Å²) >= 11 is 7.23. The van der Waals surface area contributed by atoms with Crippen molar-refractivity contribution in [3.63, 3.8) is 0 Å². The molecule has 140 valence electrons. The minimum absolute atomic E-state index is 0.0483. The number of carbonyl (C=O) groups is 1. The zero-order valence-corrected chi connectivity index (χ0v) is 15.8. The molecule has 0 saturated heterocycles. The van der Waals surface area contributed by atoms with Crippen molar-refractivity contribution in [2.75, 3.05) is 11.1 Å². The smallest absolute Gasteiger partial charge is 0.234 e. The van der Waals surface area contributed by atoms with E-state index in [0.29, 0.717) is 22.5 Å². The van der Waals surface area contributed by atoms with Gasteiger partial charge in [-0.05, 0) is 31.2 Å². The Hall–Kier alpha value is -2.45. The van der Waals surface area contributed by atoms with E-state index >= 15 is 0 Å². The van der Waals surface area contributed by atoms with Crippen molar-refractivity contribution in [1.82, 2.24) is 14.8 Å². The molecule has 0 aliphatic heterocycles. The lowest BCUT2D eigenvalue weighted by Gasteiger charge is -2.08. The molecule has 3 rings (SSSR count). The van der Waals surface area contributed by atoms with Gasteiger partial charge in [0.05, 0.1) is 5.75 Å². The topological polar surface area (TPSA) is 59.8 Å². The summed E-state index contributed by atoms with van der Waals surface area (Å²) in [5.41, 5.74) is 1.02. The molecule has 9 heteroatoms. The molecule has 0 atom stereocenters. The second-order valence-corrected chi connectivity index (χ2v) is 6.91. The van der Waals surface area contributed by atoms with E-state index in [1.54, 1.807) is 12.1 Å². The van der Waals surface area contributed by atoms with Crippen LogP contribution in [0.5, 0.6) is 0 Å². The lowest BCUT2D eigenvalue weighted by atomic mass is 10.2. The molecule has 0 aliphatic carbocycles. The van der Waals surface area contributed by atoms with Crippen LogP contribution in [0.2, 0.25) is 5.02 Å². The van der Waals surface area contributed by atoms with Gasteiger partial charge >= 0.3 is 0 Å². The van der Waals surface area contributed by atoms with Crippen LogP contribution in [0.15, 0.2) is 47.6 Å². The molecule has 3 aromatic rings. The number of aromatic nitrogens is 3. The molecule has 2 aromatic carbocycles. The van der Waals surface area contributed by atoms with Crippen LogP contribution in [0.25, 0.3) is 11.4 Å². The molecule has 0 bridgehead atoms. The first-order chi connectivity index (χ1) is 13.0. The molecule has 0 saturated carbocycles. The van der Waals surface area contributed by atoms with Crippen molar-refractivity contribution in [1.29, 1.82) is 0 Å². The highest BCUT2D eigenvalue weighted by molar-refractivity contribution is 7.99. The van der Waals surface area contributed by atoms with Gasteiger partial charge in [0.1, 0.15) is 0 Å². The van der Waals surface area contributed by atoms with Gasteiger partial charge in [-0.25, -0.2) is 8.78 Å². The Balaban J connectivity index is 1.69. The molecule has 1 heterocycles. The zero-order chi connectivity index (χ0) is 19.4. The molecular weight excluding hydrogens is 394 g/mol. The van der Waals surface area contributed by atoms with Crippen LogP contribution in [0.4, 0.5) is 14.5 Å². The molecule has 0 unspecified atom stereocenters. The number of nitrogens with one attached hydrogen (secondary N) is 1. The van der Waals surface area contributed by atoms with Gasteiger partial charge < -0.3 is 9.88 Å². The van der Waals surface area contributed by atoms with E-state index in [4.69, 9.17) is 11.6 Å². The summed E-state index contributed by atoms with van der Waals surface area (Å²) in [6.45, 7) is 2.56. The highest BCUT2D eigenvalue weighted by atomic mass is 35.5. The Morgan fingerprint density at radius 2 is 2.00 bits per heavy atom.